The molecule has 0 saturated heterocycles. The van der Waals surface area contributed by atoms with Gasteiger partial charge in [-0.05, 0) is 36.4 Å². The molecular formula is C13H10O2. The summed E-state index contributed by atoms with van der Waals surface area (Å²) in [6.45, 7) is 0. The van der Waals surface area contributed by atoms with Gasteiger partial charge in [0.05, 0.1) is 0 Å². The molecular weight excluding hydrogens is 188 g/mol. The standard InChI is InChI=1S/C13H10O2/c14-11-7-9-13(10-8-11)15-12-5-3-1-2-4-6-12/h1-5,7-10,14H. The molecule has 1 aliphatic carbocycles. The Morgan fingerprint density at radius 3 is 2.60 bits per heavy atom. The molecule has 2 heteroatoms. The molecule has 1 aromatic carbocycles. The predicted octanol–water partition coefficient (Wildman–Crippen LogP) is 2.94. The number of phenolic OH excluding ortho intramolecular Hbond substituents is 1. The Kier molecular flexibility index (Phi) is 2.72. The van der Waals surface area contributed by atoms with E-state index in [9.17, 15) is 0 Å². The van der Waals surface area contributed by atoms with E-state index >= 15 is 0 Å². The van der Waals surface area contributed by atoms with Crippen molar-refractivity contribution in [3.63, 3.8) is 0 Å². The lowest BCUT2D eigenvalue weighted by atomic mass is 10.3. The Balaban J connectivity index is 2.16. The van der Waals surface area contributed by atoms with Crippen molar-refractivity contribution < 1.29 is 9.84 Å². The van der Waals surface area contributed by atoms with Crippen molar-refractivity contribution in [1.29, 1.82) is 0 Å². The van der Waals surface area contributed by atoms with Gasteiger partial charge in [-0.1, -0.05) is 24.0 Å². The minimum absolute atomic E-state index is 0.227. The summed E-state index contributed by atoms with van der Waals surface area (Å²) in [6, 6.07) is 6.57. The molecule has 0 bridgehead atoms. The zero-order valence-electron chi connectivity index (χ0n) is 8.05. The van der Waals surface area contributed by atoms with E-state index in [2.05, 4.69) is 5.73 Å². The third kappa shape index (κ3) is 2.63. The van der Waals surface area contributed by atoms with Gasteiger partial charge < -0.3 is 9.84 Å². The van der Waals surface area contributed by atoms with Crippen LogP contribution in [0.3, 0.4) is 0 Å². The molecule has 0 spiro atoms. The van der Waals surface area contributed by atoms with Crippen LogP contribution in [0.2, 0.25) is 0 Å². The molecule has 0 amide bonds. The van der Waals surface area contributed by atoms with Crippen molar-refractivity contribution in [2.24, 2.45) is 0 Å². The number of aromatic hydroxyl groups is 1. The lowest BCUT2D eigenvalue weighted by Gasteiger charge is -2.03. The Morgan fingerprint density at radius 2 is 1.80 bits per heavy atom. The van der Waals surface area contributed by atoms with Crippen molar-refractivity contribution in [2.45, 2.75) is 0 Å². The number of allylic oxidation sites excluding steroid dienone is 4. The molecule has 0 fully saturated rings. The van der Waals surface area contributed by atoms with Gasteiger partial charge in [0.2, 0.25) is 0 Å². The van der Waals surface area contributed by atoms with Crippen molar-refractivity contribution >= 4 is 0 Å². The number of phenols is 1. The summed E-state index contributed by atoms with van der Waals surface area (Å²) in [7, 11) is 0. The van der Waals surface area contributed by atoms with Gasteiger partial charge in [-0.25, -0.2) is 0 Å². The van der Waals surface area contributed by atoms with Crippen LogP contribution in [0.4, 0.5) is 0 Å². The average Bonchev–Trinajstić information content (AvgIpc) is 2.50. The lowest BCUT2D eigenvalue weighted by molar-refractivity contribution is 0.440. The largest absolute Gasteiger partial charge is 0.508 e. The zero-order chi connectivity index (χ0) is 10.5. The third-order valence-corrected chi connectivity index (χ3v) is 1.86. The first-order valence-electron chi connectivity index (χ1n) is 4.61. The van der Waals surface area contributed by atoms with Crippen LogP contribution in [-0.4, -0.2) is 5.11 Å². The second kappa shape index (κ2) is 4.36. The first-order valence-corrected chi connectivity index (χ1v) is 4.61. The van der Waals surface area contributed by atoms with Gasteiger partial charge in [0.1, 0.15) is 11.5 Å². The molecule has 0 unspecified atom stereocenters. The van der Waals surface area contributed by atoms with E-state index in [1.165, 1.54) is 0 Å². The quantitative estimate of drug-likeness (QED) is 0.740. The van der Waals surface area contributed by atoms with Gasteiger partial charge >= 0.3 is 0 Å². The SMILES string of the molecule is Oc1ccc(OC2=C=CC=CC=C2)cc1. The fraction of sp³-hybridized carbons (Fsp3) is 0. The van der Waals surface area contributed by atoms with E-state index in [1.54, 1.807) is 30.3 Å². The van der Waals surface area contributed by atoms with Gasteiger partial charge in [-0.2, -0.15) is 0 Å². The maximum atomic E-state index is 9.10. The summed E-state index contributed by atoms with van der Waals surface area (Å²) in [4.78, 5) is 0. The Morgan fingerprint density at radius 1 is 1.00 bits per heavy atom. The van der Waals surface area contributed by atoms with E-state index < -0.39 is 0 Å². The molecule has 15 heavy (non-hydrogen) atoms. The van der Waals surface area contributed by atoms with E-state index in [0.717, 1.165) is 0 Å². The summed E-state index contributed by atoms with van der Waals surface area (Å²) in [6.07, 6.45) is 9.28. The van der Waals surface area contributed by atoms with Crippen molar-refractivity contribution in [3.05, 3.63) is 66.1 Å². The molecule has 2 rings (SSSR count). The van der Waals surface area contributed by atoms with Crippen LogP contribution in [0.25, 0.3) is 0 Å². The summed E-state index contributed by atoms with van der Waals surface area (Å²) in [5.41, 5.74) is 2.98. The molecule has 74 valence electrons. The molecule has 1 aromatic rings. The van der Waals surface area contributed by atoms with Gasteiger partial charge in [0, 0.05) is 0 Å². The summed E-state index contributed by atoms with van der Waals surface area (Å²) in [5, 5.41) is 9.10. The summed E-state index contributed by atoms with van der Waals surface area (Å²) < 4.78 is 5.53. The van der Waals surface area contributed by atoms with Crippen LogP contribution in [0.1, 0.15) is 0 Å². The first kappa shape index (κ1) is 9.38. The van der Waals surface area contributed by atoms with Gasteiger partial charge in [-0.15, -0.1) is 0 Å². The maximum Gasteiger partial charge on any atom is 0.169 e. The third-order valence-electron chi connectivity index (χ3n) is 1.86. The number of rotatable bonds is 2. The minimum atomic E-state index is 0.227. The Labute approximate surface area is 88.1 Å². The highest BCUT2D eigenvalue weighted by atomic mass is 16.5. The topological polar surface area (TPSA) is 29.5 Å². The summed E-state index contributed by atoms with van der Waals surface area (Å²) >= 11 is 0. The summed E-state index contributed by atoms with van der Waals surface area (Å²) in [5.74, 6) is 1.55. The van der Waals surface area contributed by atoms with E-state index in [-0.39, 0.29) is 5.75 Å². The van der Waals surface area contributed by atoms with Crippen molar-refractivity contribution in [2.75, 3.05) is 0 Å². The van der Waals surface area contributed by atoms with Crippen LogP contribution in [-0.2, 0) is 0 Å². The molecule has 1 N–H and O–H groups in total. The van der Waals surface area contributed by atoms with Gasteiger partial charge in [-0.3, -0.25) is 0 Å². The van der Waals surface area contributed by atoms with Gasteiger partial charge in [0.25, 0.3) is 0 Å². The highest BCUT2D eigenvalue weighted by molar-refractivity contribution is 5.33. The van der Waals surface area contributed by atoms with Gasteiger partial charge in [0.15, 0.2) is 5.76 Å². The molecule has 0 saturated carbocycles. The van der Waals surface area contributed by atoms with E-state index in [4.69, 9.17) is 9.84 Å². The van der Waals surface area contributed by atoms with E-state index in [0.29, 0.717) is 11.5 Å². The lowest BCUT2D eigenvalue weighted by Crippen LogP contribution is -1.89. The molecule has 1 aliphatic rings. The monoisotopic (exact) mass is 198 g/mol. The maximum absolute atomic E-state index is 9.10. The van der Waals surface area contributed by atoms with Crippen LogP contribution < -0.4 is 4.74 Å². The smallest absolute Gasteiger partial charge is 0.169 e. The number of hydrogen-bond donors (Lipinski definition) is 1. The highest BCUT2D eigenvalue weighted by Gasteiger charge is 1.96. The van der Waals surface area contributed by atoms with Crippen molar-refractivity contribution in [3.8, 4) is 11.5 Å². The fourth-order valence-corrected chi connectivity index (χ4v) is 1.15. The number of ether oxygens (including phenoxy) is 1. The predicted molar refractivity (Wildman–Crippen MR) is 58.6 cm³/mol. The van der Waals surface area contributed by atoms with Crippen molar-refractivity contribution in [1.82, 2.24) is 0 Å². The van der Waals surface area contributed by atoms with Crippen LogP contribution in [0.15, 0.2) is 66.1 Å². The number of benzene rings is 1. The first-order chi connectivity index (χ1) is 7.34. The fourth-order valence-electron chi connectivity index (χ4n) is 1.15. The Hall–Kier alpha value is -2.18. The van der Waals surface area contributed by atoms with E-state index in [1.807, 2.05) is 24.3 Å². The molecule has 0 heterocycles. The molecule has 0 aliphatic heterocycles. The minimum Gasteiger partial charge on any atom is -0.508 e. The molecule has 2 nitrogen and oxygen atoms in total. The second-order valence-corrected chi connectivity index (χ2v) is 3.02. The second-order valence-electron chi connectivity index (χ2n) is 3.02. The van der Waals surface area contributed by atoms with Crippen LogP contribution in [0, 0.1) is 0 Å². The normalized spacial score (nSPS) is 13.5. The molecule has 0 radical (unpaired) electrons. The Bertz CT molecular complexity index is 458. The van der Waals surface area contributed by atoms with Crippen LogP contribution in [0.5, 0.6) is 11.5 Å². The average molecular weight is 198 g/mol. The van der Waals surface area contributed by atoms with Crippen LogP contribution >= 0.6 is 0 Å². The molecule has 0 atom stereocenters. The highest BCUT2D eigenvalue weighted by Crippen LogP contribution is 2.18. The zero-order valence-corrected chi connectivity index (χ0v) is 8.05. The number of hydrogen-bond acceptors (Lipinski definition) is 2. The molecule has 0 aromatic heterocycles.